The predicted octanol–water partition coefficient (Wildman–Crippen LogP) is 4.15. The Hall–Kier alpha value is -3.28. The second-order valence-corrected chi connectivity index (χ2v) is 7.27. The molecular formula is C22H21N3O3. The third-order valence-electron chi connectivity index (χ3n) is 5.32. The van der Waals surface area contributed by atoms with Gasteiger partial charge in [0.15, 0.2) is 17.5 Å². The first-order valence-corrected chi connectivity index (χ1v) is 9.60. The van der Waals surface area contributed by atoms with Gasteiger partial charge in [0.25, 0.3) is 11.7 Å². The van der Waals surface area contributed by atoms with E-state index in [0.717, 1.165) is 37.0 Å². The highest BCUT2D eigenvalue weighted by molar-refractivity contribution is 5.96. The number of carbonyl (C=O) groups excluding carboxylic acids is 1. The summed E-state index contributed by atoms with van der Waals surface area (Å²) in [6.45, 7) is 0. The highest BCUT2D eigenvalue weighted by Crippen LogP contribution is 2.47. The molecule has 28 heavy (non-hydrogen) atoms. The Morgan fingerprint density at radius 2 is 1.82 bits per heavy atom. The number of nitrogens with zero attached hydrogens (tertiary/aromatic N) is 2. The van der Waals surface area contributed by atoms with Crippen LogP contribution in [0.3, 0.4) is 0 Å². The van der Waals surface area contributed by atoms with Crippen LogP contribution in [-0.2, 0) is 4.79 Å². The zero-order valence-electron chi connectivity index (χ0n) is 15.4. The van der Waals surface area contributed by atoms with E-state index >= 15 is 0 Å². The van der Waals surface area contributed by atoms with Gasteiger partial charge in [-0.1, -0.05) is 30.3 Å². The zero-order chi connectivity index (χ0) is 19.0. The topological polar surface area (TPSA) is 65.4 Å². The molecule has 1 saturated carbocycles. The molecule has 6 nitrogen and oxygen atoms in total. The molecule has 3 aromatic rings. The maximum absolute atomic E-state index is 13.1. The van der Waals surface area contributed by atoms with Crippen molar-refractivity contribution in [3.05, 3.63) is 72.6 Å². The smallest absolute Gasteiger partial charge is 0.253 e. The number of fused-ring (bicyclic) bond motifs is 1. The van der Waals surface area contributed by atoms with E-state index in [2.05, 4.69) is 10.4 Å². The van der Waals surface area contributed by atoms with Gasteiger partial charge in [0, 0.05) is 37.0 Å². The molecule has 0 bridgehead atoms. The third kappa shape index (κ3) is 3.01. The summed E-state index contributed by atoms with van der Waals surface area (Å²) in [4.78, 5) is 13.1. The molecule has 1 spiro atoms. The fourth-order valence-electron chi connectivity index (χ4n) is 3.99. The summed E-state index contributed by atoms with van der Waals surface area (Å²) in [5, 5.41) is 7.27. The van der Waals surface area contributed by atoms with Gasteiger partial charge in [0.1, 0.15) is 0 Å². The maximum atomic E-state index is 13.1. The summed E-state index contributed by atoms with van der Waals surface area (Å²) in [5.74, 6) is 0.762. The number of nitrogens with one attached hydrogen (secondary N) is 1. The summed E-state index contributed by atoms with van der Waals surface area (Å²) in [5.41, 5.74) is 1.55. The SMILES string of the molecule is O=C(Nc1ccc2c(c1)OC1(CCCC1)O2)[C@H](c1ccccc1)n1cccn1. The molecule has 142 valence electrons. The van der Waals surface area contributed by atoms with Crippen LogP contribution in [0.1, 0.15) is 37.3 Å². The van der Waals surface area contributed by atoms with E-state index in [1.807, 2.05) is 54.6 Å². The second-order valence-electron chi connectivity index (χ2n) is 7.27. The van der Waals surface area contributed by atoms with Crippen LogP contribution in [0.4, 0.5) is 5.69 Å². The van der Waals surface area contributed by atoms with Crippen molar-refractivity contribution < 1.29 is 14.3 Å². The number of hydrogen-bond acceptors (Lipinski definition) is 4. The van der Waals surface area contributed by atoms with Gasteiger partial charge >= 0.3 is 0 Å². The highest BCUT2D eigenvalue weighted by Gasteiger charge is 2.44. The molecule has 5 rings (SSSR count). The third-order valence-corrected chi connectivity index (χ3v) is 5.32. The Labute approximate surface area is 163 Å². The molecule has 0 saturated heterocycles. The molecule has 6 heteroatoms. The maximum Gasteiger partial charge on any atom is 0.253 e. The number of benzene rings is 2. The monoisotopic (exact) mass is 375 g/mol. The molecule has 0 radical (unpaired) electrons. The van der Waals surface area contributed by atoms with Crippen molar-refractivity contribution in [1.82, 2.24) is 9.78 Å². The molecule has 2 aromatic carbocycles. The standard InChI is InChI=1S/C22H21N3O3/c26-21(20(25-14-6-13-23-25)16-7-2-1-3-8-16)24-17-9-10-18-19(15-17)28-22(27-18)11-4-5-12-22/h1-3,6-10,13-15,20H,4-5,11-12H2,(H,24,26)/t20-/m0/s1. The molecule has 0 unspecified atom stereocenters. The Kier molecular flexibility index (Phi) is 4.04. The molecule has 1 amide bonds. The van der Waals surface area contributed by atoms with Crippen LogP contribution in [0.15, 0.2) is 67.0 Å². The number of ether oxygens (including phenoxy) is 2. The summed E-state index contributed by atoms with van der Waals surface area (Å²) < 4.78 is 13.8. The molecule has 1 aliphatic heterocycles. The molecule has 1 fully saturated rings. The summed E-state index contributed by atoms with van der Waals surface area (Å²) in [7, 11) is 0. The molecule has 1 aromatic heterocycles. The molecule has 1 aliphatic carbocycles. The Morgan fingerprint density at radius 3 is 2.57 bits per heavy atom. The van der Waals surface area contributed by atoms with Gasteiger partial charge in [0.05, 0.1) is 0 Å². The van der Waals surface area contributed by atoms with Crippen LogP contribution in [0.25, 0.3) is 0 Å². The van der Waals surface area contributed by atoms with Gasteiger partial charge in [-0.15, -0.1) is 0 Å². The minimum atomic E-state index is -0.553. The van der Waals surface area contributed by atoms with Gasteiger partial charge in [-0.2, -0.15) is 5.10 Å². The van der Waals surface area contributed by atoms with Crippen molar-refractivity contribution in [2.75, 3.05) is 5.32 Å². The Balaban J connectivity index is 1.39. The number of amides is 1. The average molecular weight is 375 g/mol. The first-order valence-electron chi connectivity index (χ1n) is 9.60. The molecule has 1 atom stereocenters. The molecule has 1 N–H and O–H groups in total. The molecule has 2 aliphatic rings. The van der Waals surface area contributed by atoms with Crippen LogP contribution >= 0.6 is 0 Å². The van der Waals surface area contributed by atoms with Crippen molar-refractivity contribution in [3.63, 3.8) is 0 Å². The molecular weight excluding hydrogens is 354 g/mol. The van der Waals surface area contributed by atoms with E-state index < -0.39 is 11.8 Å². The summed E-state index contributed by atoms with van der Waals surface area (Å²) >= 11 is 0. The van der Waals surface area contributed by atoms with E-state index in [1.54, 1.807) is 17.1 Å². The van der Waals surface area contributed by atoms with Crippen LogP contribution in [0.5, 0.6) is 11.5 Å². The highest BCUT2D eigenvalue weighted by atomic mass is 16.7. The summed E-state index contributed by atoms with van der Waals surface area (Å²) in [6.07, 6.45) is 7.49. The van der Waals surface area contributed by atoms with Crippen molar-refractivity contribution in [3.8, 4) is 11.5 Å². The van der Waals surface area contributed by atoms with Gasteiger partial charge in [-0.05, 0) is 36.6 Å². The normalized spacial score (nSPS) is 17.6. The van der Waals surface area contributed by atoms with Crippen molar-refractivity contribution in [1.29, 1.82) is 0 Å². The van der Waals surface area contributed by atoms with Crippen LogP contribution in [0.2, 0.25) is 0 Å². The number of hydrogen-bond donors (Lipinski definition) is 1. The van der Waals surface area contributed by atoms with Gasteiger partial charge < -0.3 is 14.8 Å². The van der Waals surface area contributed by atoms with Crippen molar-refractivity contribution in [2.24, 2.45) is 0 Å². The number of carbonyl (C=O) groups is 1. The summed E-state index contributed by atoms with van der Waals surface area (Å²) in [6, 6.07) is 16.4. The predicted molar refractivity (Wildman–Crippen MR) is 104 cm³/mol. The van der Waals surface area contributed by atoms with E-state index in [-0.39, 0.29) is 5.91 Å². The van der Waals surface area contributed by atoms with Crippen LogP contribution in [-0.4, -0.2) is 21.5 Å². The lowest BCUT2D eigenvalue weighted by Crippen LogP contribution is -2.34. The minimum absolute atomic E-state index is 0.163. The van der Waals surface area contributed by atoms with Crippen molar-refractivity contribution >= 4 is 11.6 Å². The van der Waals surface area contributed by atoms with E-state index in [0.29, 0.717) is 11.4 Å². The largest absolute Gasteiger partial charge is 0.448 e. The van der Waals surface area contributed by atoms with Gasteiger partial charge in [-0.25, -0.2) is 0 Å². The fourth-order valence-corrected chi connectivity index (χ4v) is 3.99. The van der Waals surface area contributed by atoms with Gasteiger partial charge in [0.2, 0.25) is 0 Å². The minimum Gasteiger partial charge on any atom is -0.448 e. The van der Waals surface area contributed by atoms with E-state index in [1.165, 1.54) is 0 Å². The first-order chi connectivity index (χ1) is 13.7. The lowest BCUT2D eigenvalue weighted by Gasteiger charge is -2.21. The van der Waals surface area contributed by atoms with Gasteiger partial charge in [-0.3, -0.25) is 9.48 Å². The first kappa shape index (κ1) is 16.9. The van der Waals surface area contributed by atoms with Crippen molar-refractivity contribution in [2.45, 2.75) is 37.5 Å². The van der Waals surface area contributed by atoms with Crippen LogP contribution in [0, 0.1) is 0 Å². The van der Waals surface area contributed by atoms with E-state index in [4.69, 9.17) is 9.47 Å². The second kappa shape index (κ2) is 6.71. The lowest BCUT2D eigenvalue weighted by atomic mass is 10.1. The number of rotatable bonds is 4. The average Bonchev–Trinajstić information content (AvgIpc) is 3.44. The Bertz CT molecular complexity index is 980. The van der Waals surface area contributed by atoms with Crippen LogP contribution < -0.4 is 14.8 Å². The number of aromatic nitrogens is 2. The van der Waals surface area contributed by atoms with E-state index in [9.17, 15) is 4.79 Å². The quantitative estimate of drug-likeness (QED) is 0.744. The Morgan fingerprint density at radius 1 is 1.04 bits per heavy atom. The number of anilines is 1. The molecule has 2 heterocycles. The lowest BCUT2D eigenvalue weighted by molar-refractivity contribution is -0.118. The zero-order valence-corrected chi connectivity index (χ0v) is 15.4. The fraction of sp³-hybridized carbons (Fsp3) is 0.273.